The first-order valence-electron chi connectivity index (χ1n) is 10.1. The van der Waals surface area contributed by atoms with Crippen molar-refractivity contribution < 1.29 is 14.3 Å². The molecule has 4 unspecified atom stereocenters. The van der Waals surface area contributed by atoms with Gasteiger partial charge in [0.2, 0.25) is 0 Å². The van der Waals surface area contributed by atoms with Crippen LogP contribution in [-0.2, 0) is 14.3 Å². The third-order valence-corrected chi connectivity index (χ3v) is 8.15. The summed E-state index contributed by atoms with van der Waals surface area (Å²) in [6, 6.07) is 0. The molecular formula is C21H32O3Si. The Balaban J connectivity index is 1.66. The van der Waals surface area contributed by atoms with Gasteiger partial charge in [-0.3, -0.25) is 4.79 Å². The van der Waals surface area contributed by atoms with E-state index >= 15 is 0 Å². The number of allylic oxidation sites excluding steroid dienone is 3. The van der Waals surface area contributed by atoms with Crippen LogP contribution in [0.3, 0.4) is 0 Å². The third-order valence-electron chi connectivity index (χ3n) is 7.32. The average Bonchev–Trinajstić information content (AvgIpc) is 2.95. The highest BCUT2D eigenvalue weighted by atomic mass is 28.3. The van der Waals surface area contributed by atoms with E-state index in [0.717, 1.165) is 37.0 Å². The Kier molecular flexibility index (Phi) is 4.17. The Hall–Kier alpha value is -1.03. The summed E-state index contributed by atoms with van der Waals surface area (Å²) in [6.07, 6.45) is 11.0. The van der Waals surface area contributed by atoms with Crippen molar-refractivity contribution in [2.45, 2.75) is 71.9 Å². The molecule has 138 valence electrons. The molecule has 1 heterocycles. The standard InChI is InChI=1S/C21H32O3Si/c1-20-9-5-6-15(20)18-16(8-10-20)21(2)11-7-14(23-13-25(3)4)12-17(21)19(22)24-18/h12,16-17,25H,5-11,13H2,1-4H3. The molecule has 0 bridgehead atoms. The molecule has 0 aromatic rings. The summed E-state index contributed by atoms with van der Waals surface area (Å²) in [5, 5.41) is 0. The van der Waals surface area contributed by atoms with Crippen molar-refractivity contribution in [1.82, 2.24) is 0 Å². The molecule has 0 spiro atoms. The van der Waals surface area contributed by atoms with Crippen molar-refractivity contribution in [2.75, 3.05) is 6.23 Å². The zero-order valence-corrected chi connectivity index (χ0v) is 17.3. The van der Waals surface area contributed by atoms with E-state index in [1.54, 1.807) is 0 Å². The van der Waals surface area contributed by atoms with E-state index < -0.39 is 8.80 Å². The highest BCUT2D eigenvalue weighted by molar-refractivity contribution is 6.55. The van der Waals surface area contributed by atoms with Gasteiger partial charge in [-0.05, 0) is 61.0 Å². The Morgan fingerprint density at radius 1 is 1.24 bits per heavy atom. The summed E-state index contributed by atoms with van der Waals surface area (Å²) in [6.45, 7) is 9.29. The van der Waals surface area contributed by atoms with Crippen LogP contribution in [0.4, 0.5) is 0 Å². The lowest BCUT2D eigenvalue weighted by atomic mass is 9.56. The molecule has 0 N–H and O–H groups in total. The highest BCUT2D eigenvalue weighted by Crippen LogP contribution is 2.61. The Morgan fingerprint density at radius 2 is 2.04 bits per heavy atom. The van der Waals surface area contributed by atoms with Gasteiger partial charge in [0.05, 0.1) is 26.7 Å². The normalized spacial score (nSPS) is 40.2. The average molecular weight is 361 g/mol. The van der Waals surface area contributed by atoms with E-state index in [9.17, 15) is 4.79 Å². The number of carbonyl (C=O) groups is 1. The van der Waals surface area contributed by atoms with Crippen LogP contribution in [0.15, 0.2) is 23.2 Å². The van der Waals surface area contributed by atoms with Gasteiger partial charge in [0, 0.05) is 12.3 Å². The molecule has 2 fully saturated rings. The number of hydrogen-bond donors (Lipinski definition) is 0. The van der Waals surface area contributed by atoms with E-state index in [2.05, 4.69) is 33.0 Å². The molecule has 4 rings (SSSR count). The smallest absolute Gasteiger partial charge is 0.318 e. The fourth-order valence-corrected chi connectivity index (χ4v) is 6.22. The molecule has 0 aromatic carbocycles. The maximum atomic E-state index is 12.9. The summed E-state index contributed by atoms with van der Waals surface area (Å²) in [7, 11) is -0.745. The molecule has 1 aliphatic heterocycles. The maximum Gasteiger partial charge on any atom is 0.318 e. The molecule has 1 saturated carbocycles. The summed E-state index contributed by atoms with van der Waals surface area (Å²) < 4.78 is 12.0. The highest BCUT2D eigenvalue weighted by Gasteiger charge is 2.56. The van der Waals surface area contributed by atoms with Crippen LogP contribution in [0, 0.1) is 22.7 Å². The number of hydrogen-bond acceptors (Lipinski definition) is 3. The molecule has 0 amide bonds. The van der Waals surface area contributed by atoms with Crippen LogP contribution in [0.2, 0.25) is 13.1 Å². The van der Waals surface area contributed by atoms with E-state index in [-0.39, 0.29) is 22.7 Å². The van der Waals surface area contributed by atoms with Gasteiger partial charge in [-0.2, -0.15) is 0 Å². The minimum Gasteiger partial charge on any atom is -0.502 e. The maximum absolute atomic E-state index is 12.9. The predicted molar refractivity (Wildman–Crippen MR) is 102 cm³/mol. The van der Waals surface area contributed by atoms with Crippen LogP contribution in [0.25, 0.3) is 0 Å². The number of rotatable bonds is 3. The monoisotopic (exact) mass is 360 g/mol. The topological polar surface area (TPSA) is 35.5 Å². The second kappa shape index (κ2) is 6.00. The van der Waals surface area contributed by atoms with Gasteiger partial charge in [0.15, 0.2) is 0 Å². The molecular weight excluding hydrogens is 328 g/mol. The fourth-order valence-electron chi connectivity index (χ4n) is 5.67. The van der Waals surface area contributed by atoms with Crippen molar-refractivity contribution in [3.05, 3.63) is 23.2 Å². The molecule has 4 aliphatic rings. The van der Waals surface area contributed by atoms with Crippen LogP contribution < -0.4 is 0 Å². The SMILES string of the molecule is C[SiH](C)COC1=CC2C(=O)OC3=C4CCCC4(C)CCC3C2(C)CC1. The van der Waals surface area contributed by atoms with Crippen molar-refractivity contribution in [3.63, 3.8) is 0 Å². The van der Waals surface area contributed by atoms with E-state index in [0.29, 0.717) is 5.92 Å². The van der Waals surface area contributed by atoms with Gasteiger partial charge in [0.1, 0.15) is 5.76 Å². The summed E-state index contributed by atoms with van der Waals surface area (Å²) in [4.78, 5) is 12.9. The summed E-state index contributed by atoms with van der Waals surface area (Å²) >= 11 is 0. The molecule has 4 heteroatoms. The first-order valence-corrected chi connectivity index (χ1v) is 13.2. The van der Waals surface area contributed by atoms with E-state index in [4.69, 9.17) is 9.47 Å². The second-order valence-corrected chi connectivity index (χ2v) is 12.7. The predicted octanol–water partition coefficient (Wildman–Crippen LogP) is 4.74. The largest absolute Gasteiger partial charge is 0.502 e. The number of ether oxygens (including phenoxy) is 2. The molecule has 0 radical (unpaired) electrons. The quantitative estimate of drug-likeness (QED) is 0.539. The number of esters is 1. The van der Waals surface area contributed by atoms with Crippen molar-refractivity contribution in [2.24, 2.45) is 22.7 Å². The lowest BCUT2D eigenvalue weighted by molar-refractivity contribution is -0.160. The summed E-state index contributed by atoms with van der Waals surface area (Å²) in [5.74, 6) is 2.33. The lowest BCUT2D eigenvalue weighted by Gasteiger charge is -2.52. The third kappa shape index (κ3) is 2.72. The van der Waals surface area contributed by atoms with Crippen LogP contribution >= 0.6 is 0 Å². The molecule has 3 nitrogen and oxygen atoms in total. The lowest BCUT2D eigenvalue weighted by Crippen LogP contribution is -2.49. The Morgan fingerprint density at radius 3 is 2.80 bits per heavy atom. The second-order valence-electron chi connectivity index (χ2n) is 9.59. The molecule has 3 aliphatic carbocycles. The zero-order valence-electron chi connectivity index (χ0n) is 16.2. The minimum absolute atomic E-state index is 0.00368. The Labute approximate surface area is 153 Å². The number of carbonyl (C=O) groups excluding carboxylic acids is 1. The van der Waals surface area contributed by atoms with Gasteiger partial charge in [-0.15, -0.1) is 0 Å². The van der Waals surface area contributed by atoms with Gasteiger partial charge in [-0.1, -0.05) is 26.9 Å². The fraction of sp³-hybridized carbons (Fsp3) is 0.762. The first kappa shape index (κ1) is 17.4. The van der Waals surface area contributed by atoms with Gasteiger partial charge in [-0.25, -0.2) is 0 Å². The van der Waals surface area contributed by atoms with E-state index in [1.165, 1.54) is 31.3 Å². The van der Waals surface area contributed by atoms with Gasteiger partial charge < -0.3 is 9.47 Å². The molecule has 0 aromatic heterocycles. The summed E-state index contributed by atoms with van der Waals surface area (Å²) in [5.41, 5.74) is 1.76. The van der Waals surface area contributed by atoms with Crippen LogP contribution in [0.5, 0.6) is 0 Å². The van der Waals surface area contributed by atoms with Crippen molar-refractivity contribution in [1.29, 1.82) is 0 Å². The minimum atomic E-state index is -0.745. The van der Waals surface area contributed by atoms with Crippen LogP contribution in [0.1, 0.15) is 58.8 Å². The van der Waals surface area contributed by atoms with Gasteiger partial charge >= 0.3 is 5.97 Å². The molecule has 4 atom stereocenters. The van der Waals surface area contributed by atoms with Crippen molar-refractivity contribution >= 4 is 14.8 Å². The van der Waals surface area contributed by atoms with Gasteiger partial charge in [0.25, 0.3) is 0 Å². The van der Waals surface area contributed by atoms with Crippen molar-refractivity contribution in [3.8, 4) is 0 Å². The Bertz CT molecular complexity index is 650. The first-order chi connectivity index (χ1) is 11.8. The van der Waals surface area contributed by atoms with Crippen LogP contribution in [-0.4, -0.2) is 21.0 Å². The molecule has 25 heavy (non-hydrogen) atoms. The zero-order chi connectivity index (χ0) is 17.8. The number of fused-ring (bicyclic) bond motifs is 4. The molecule has 1 saturated heterocycles. The van der Waals surface area contributed by atoms with E-state index in [1.807, 2.05) is 0 Å².